The molecule has 0 N–H and O–H groups in total. The molecule has 0 bridgehead atoms. The van der Waals surface area contributed by atoms with Crippen molar-refractivity contribution in [1.29, 1.82) is 0 Å². The van der Waals surface area contributed by atoms with E-state index in [1.165, 1.54) is 11.3 Å². The number of nitrogens with zero attached hydrogens (tertiary/aromatic N) is 1. The number of rotatable bonds is 1. The van der Waals surface area contributed by atoms with E-state index in [9.17, 15) is 0 Å². The summed E-state index contributed by atoms with van der Waals surface area (Å²) in [7, 11) is 2.09. The molecule has 0 saturated carbocycles. The van der Waals surface area contributed by atoms with Crippen molar-refractivity contribution in [3.63, 3.8) is 0 Å². The van der Waals surface area contributed by atoms with Crippen molar-refractivity contribution in [1.82, 2.24) is 4.90 Å². The SMILES string of the molecule is C=CC1=CC=C(C)N(C)C1. The van der Waals surface area contributed by atoms with Crippen LogP contribution < -0.4 is 0 Å². The van der Waals surface area contributed by atoms with Gasteiger partial charge in [-0.2, -0.15) is 0 Å². The van der Waals surface area contributed by atoms with Gasteiger partial charge in [0.1, 0.15) is 0 Å². The van der Waals surface area contributed by atoms with E-state index in [0.717, 1.165) is 6.54 Å². The summed E-state index contributed by atoms with van der Waals surface area (Å²) >= 11 is 0. The summed E-state index contributed by atoms with van der Waals surface area (Å²) in [5.74, 6) is 0. The van der Waals surface area contributed by atoms with E-state index in [2.05, 4.69) is 37.6 Å². The predicted molar refractivity (Wildman–Crippen MR) is 44.7 cm³/mol. The molecule has 0 atom stereocenters. The fourth-order valence-corrected chi connectivity index (χ4v) is 0.939. The molecule has 0 saturated heterocycles. The molecular formula is C9H13N. The molecule has 1 nitrogen and oxygen atoms in total. The molecule has 0 unspecified atom stereocenters. The van der Waals surface area contributed by atoms with Gasteiger partial charge in [0.15, 0.2) is 0 Å². The van der Waals surface area contributed by atoms with Crippen LogP contribution in [0.3, 0.4) is 0 Å². The Morgan fingerprint density at radius 3 is 2.80 bits per heavy atom. The maximum atomic E-state index is 3.72. The highest BCUT2D eigenvalue weighted by atomic mass is 15.1. The van der Waals surface area contributed by atoms with Gasteiger partial charge in [0, 0.05) is 19.3 Å². The van der Waals surface area contributed by atoms with Crippen molar-refractivity contribution in [2.75, 3.05) is 13.6 Å². The molecule has 1 heteroatoms. The Hall–Kier alpha value is -0.980. The monoisotopic (exact) mass is 135 g/mol. The first-order chi connectivity index (χ1) is 4.74. The molecule has 0 aromatic heterocycles. The number of hydrogen-bond donors (Lipinski definition) is 0. The molecule has 0 aromatic carbocycles. The number of hydrogen-bond acceptors (Lipinski definition) is 1. The van der Waals surface area contributed by atoms with E-state index in [4.69, 9.17) is 0 Å². The van der Waals surface area contributed by atoms with Crippen LogP contribution in [0, 0.1) is 0 Å². The number of likely N-dealkylation sites (N-methyl/N-ethyl adjacent to an activating group) is 1. The summed E-state index contributed by atoms with van der Waals surface area (Å²) in [6.07, 6.45) is 6.13. The van der Waals surface area contributed by atoms with Gasteiger partial charge in [-0.1, -0.05) is 18.7 Å². The zero-order valence-electron chi connectivity index (χ0n) is 6.59. The molecule has 10 heavy (non-hydrogen) atoms. The second-order valence-corrected chi connectivity index (χ2v) is 2.61. The second-order valence-electron chi connectivity index (χ2n) is 2.61. The predicted octanol–water partition coefficient (Wildman–Crippen LogP) is 1.95. The highest BCUT2D eigenvalue weighted by Crippen LogP contribution is 2.11. The summed E-state index contributed by atoms with van der Waals surface area (Å²) in [5, 5.41) is 0. The Labute approximate surface area is 62.3 Å². The van der Waals surface area contributed by atoms with E-state index in [1.54, 1.807) is 0 Å². The van der Waals surface area contributed by atoms with Crippen LogP contribution in [0.1, 0.15) is 6.92 Å². The van der Waals surface area contributed by atoms with Crippen LogP contribution in [-0.2, 0) is 0 Å². The molecule has 0 spiro atoms. The summed E-state index contributed by atoms with van der Waals surface area (Å²) in [6.45, 7) is 6.82. The van der Waals surface area contributed by atoms with Gasteiger partial charge in [-0.05, 0) is 18.6 Å². The normalized spacial score (nSPS) is 18.0. The maximum Gasteiger partial charge on any atom is 0.0422 e. The van der Waals surface area contributed by atoms with Crippen molar-refractivity contribution in [2.45, 2.75) is 6.92 Å². The first-order valence-electron chi connectivity index (χ1n) is 3.45. The molecule has 0 fully saturated rings. The second kappa shape index (κ2) is 2.74. The smallest absolute Gasteiger partial charge is 0.0422 e. The van der Waals surface area contributed by atoms with Crippen molar-refractivity contribution in [3.05, 3.63) is 36.1 Å². The van der Waals surface area contributed by atoms with Gasteiger partial charge in [0.05, 0.1) is 0 Å². The van der Waals surface area contributed by atoms with Crippen LogP contribution in [0.2, 0.25) is 0 Å². The topological polar surface area (TPSA) is 3.24 Å². The zero-order valence-corrected chi connectivity index (χ0v) is 6.59. The largest absolute Gasteiger partial charge is 0.374 e. The number of allylic oxidation sites excluding steroid dienone is 3. The van der Waals surface area contributed by atoms with E-state index in [-0.39, 0.29) is 0 Å². The van der Waals surface area contributed by atoms with Gasteiger partial charge >= 0.3 is 0 Å². The third-order valence-corrected chi connectivity index (χ3v) is 1.82. The first kappa shape index (κ1) is 7.13. The average molecular weight is 135 g/mol. The van der Waals surface area contributed by atoms with Crippen molar-refractivity contribution in [3.8, 4) is 0 Å². The summed E-state index contributed by atoms with van der Waals surface area (Å²) in [4.78, 5) is 2.21. The molecule has 54 valence electrons. The fourth-order valence-electron chi connectivity index (χ4n) is 0.939. The average Bonchev–Trinajstić information content (AvgIpc) is 1.95. The van der Waals surface area contributed by atoms with Gasteiger partial charge in [0.2, 0.25) is 0 Å². The lowest BCUT2D eigenvalue weighted by atomic mass is 10.1. The standard InChI is InChI=1S/C9H13N/c1-4-9-6-5-8(2)10(3)7-9/h4-6H,1,7H2,2-3H3. The molecular weight excluding hydrogens is 122 g/mol. The van der Waals surface area contributed by atoms with Gasteiger partial charge in [-0.15, -0.1) is 0 Å². The summed E-state index contributed by atoms with van der Waals surface area (Å²) in [6, 6.07) is 0. The fraction of sp³-hybridized carbons (Fsp3) is 0.333. The Morgan fingerprint density at radius 1 is 1.60 bits per heavy atom. The molecule has 1 aliphatic heterocycles. The van der Waals surface area contributed by atoms with Crippen LogP contribution in [-0.4, -0.2) is 18.5 Å². The molecule has 1 heterocycles. The molecule has 0 amide bonds. The molecule has 1 aliphatic rings. The first-order valence-corrected chi connectivity index (χ1v) is 3.45. The minimum absolute atomic E-state index is 0.992. The maximum absolute atomic E-state index is 3.72. The van der Waals surface area contributed by atoms with E-state index in [0.29, 0.717) is 0 Å². The van der Waals surface area contributed by atoms with E-state index >= 15 is 0 Å². The highest BCUT2D eigenvalue weighted by Gasteiger charge is 2.03. The molecule has 1 rings (SSSR count). The van der Waals surface area contributed by atoms with Crippen molar-refractivity contribution >= 4 is 0 Å². The van der Waals surface area contributed by atoms with Crippen molar-refractivity contribution in [2.24, 2.45) is 0 Å². The third kappa shape index (κ3) is 1.29. The van der Waals surface area contributed by atoms with Crippen LogP contribution in [0.15, 0.2) is 36.1 Å². The quantitative estimate of drug-likeness (QED) is 0.531. The Kier molecular flexibility index (Phi) is 1.95. The molecule has 0 aromatic rings. The Balaban J connectivity index is 2.78. The van der Waals surface area contributed by atoms with Gasteiger partial charge in [-0.3, -0.25) is 0 Å². The molecule has 0 radical (unpaired) electrons. The lowest BCUT2D eigenvalue weighted by Crippen LogP contribution is -2.20. The summed E-state index contributed by atoms with van der Waals surface area (Å²) < 4.78 is 0. The van der Waals surface area contributed by atoms with Crippen LogP contribution >= 0.6 is 0 Å². The lowest BCUT2D eigenvalue weighted by Gasteiger charge is -2.23. The van der Waals surface area contributed by atoms with Crippen LogP contribution in [0.4, 0.5) is 0 Å². The lowest BCUT2D eigenvalue weighted by molar-refractivity contribution is 0.452. The minimum Gasteiger partial charge on any atom is -0.374 e. The van der Waals surface area contributed by atoms with Gasteiger partial charge < -0.3 is 4.90 Å². The Bertz CT molecular complexity index is 199. The van der Waals surface area contributed by atoms with Crippen LogP contribution in [0.5, 0.6) is 0 Å². The van der Waals surface area contributed by atoms with E-state index < -0.39 is 0 Å². The van der Waals surface area contributed by atoms with Crippen LogP contribution in [0.25, 0.3) is 0 Å². The Morgan fingerprint density at radius 2 is 2.30 bits per heavy atom. The highest BCUT2D eigenvalue weighted by molar-refractivity contribution is 5.29. The van der Waals surface area contributed by atoms with E-state index in [1.807, 2.05) is 6.08 Å². The third-order valence-electron chi connectivity index (χ3n) is 1.82. The van der Waals surface area contributed by atoms with Crippen molar-refractivity contribution < 1.29 is 0 Å². The zero-order chi connectivity index (χ0) is 7.56. The summed E-state index contributed by atoms with van der Waals surface area (Å²) in [5.41, 5.74) is 2.60. The minimum atomic E-state index is 0.992. The van der Waals surface area contributed by atoms with Gasteiger partial charge in [0.25, 0.3) is 0 Å². The van der Waals surface area contributed by atoms with Gasteiger partial charge in [-0.25, -0.2) is 0 Å². The molecule has 0 aliphatic carbocycles.